The molecule has 204 valence electrons. The standard InChI is InChI=1S/C28H34ClN3O5S/c1-28(2,32-17-24(34)22-10-11-23(33)27(26(22)30)38(3,36)37)15-19-7-4-6-18(12-19)14-25(35)31-16-20-8-5-9-21(29)13-20/h4-13,24,32-34H,14-17,30H2,1-3H3,(H,31,35)/t24-/m0/s1. The van der Waals surface area contributed by atoms with Gasteiger partial charge in [0.2, 0.25) is 5.91 Å². The normalized spacial score (nSPS) is 12.8. The average Bonchev–Trinajstić information content (AvgIpc) is 2.80. The summed E-state index contributed by atoms with van der Waals surface area (Å²) in [6.45, 7) is 4.46. The van der Waals surface area contributed by atoms with Gasteiger partial charge in [-0.15, -0.1) is 0 Å². The van der Waals surface area contributed by atoms with Gasteiger partial charge in [-0.05, 0) is 55.2 Å². The zero-order chi connectivity index (χ0) is 28.1. The number of carbonyl (C=O) groups excluding carboxylic acids is 1. The Bertz CT molecular complexity index is 1410. The van der Waals surface area contributed by atoms with Crippen LogP contribution in [0.4, 0.5) is 5.69 Å². The van der Waals surface area contributed by atoms with E-state index in [-0.39, 0.29) is 35.0 Å². The minimum absolute atomic E-state index is 0.0948. The van der Waals surface area contributed by atoms with Gasteiger partial charge in [-0.2, -0.15) is 0 Å². The molecule has 0 aliphatic carbocycles. The number of carbonyl (C=O) groups is 1. The summed E-state index contributed by atoms with van der Waals surface area (Å²) in [5, 5.41) is 27.5. The second kappa shape index (κ2) is 12.2. The predicted molar refractivity (Wildman–Crippen MR) is 150 cm³/mol. The first-order valence-corrected chi connectivity index (χ1v) is 14.4. The summed E-state index contributed by atoms with van der Waals surface area (Å²) in [5.41, 5.74) is 8.42. The smallest absolute Gasteiger partial charge is 0.224 e. The van der Waals surface area contributed by atoms with E-state index in [1.54, 1.807) is 6.07 Å². The number of hydrogen-bond acceptors (Lipinski definition) is 7. The summed E-state index contributed by atoms with van der Waals surface area (Å²) in [7, 11) is -3.78. The van der Waals surface area contributed by atoms with Crippen LogP contribution in [-0.2, 0) is 34.0 Å². The van der Waals surface area contributed by atoms with E-state index in [9.17, 15) is 23.4 Å². The first kappa shape index (κ1) is 29.4. The molecule has 3 aromatic rings. The van der Waals surface area contributed by atoms with E-state index in [2.05, 4.69) is 10.6 Å². The molecule has 0 aliphatic heterocycles. The second-order valence-electron chi connectivity index (χ2n) is 10.0. The van der Waals surface area contributed by atoms with Gasteiger partial charge in [0.05, 0.1) is 18.2 Å². The molecule has 3 aromatic carbocycles. The molecule has 0 aromatic heterocycles. The predicted octanol–water partition coefficient (Wildman–Crippen LogP) is 3.53. The molecular formula is C28H34ClN3O5S. The first-order valence-electron chi connectivity index (χ1n) is 12.1. The lowest BCUT2D eigenvalue weighted by atomic mass is 9.93. The van der Waals surface area contributed by atoms with Crippen LogP contribution < -0.4 is 16.4 Å². The van der Waals surface area contributed by atoms with Crippen molar-refractivity contribution in [1.82, 2.24) is 10.6 Å². The number of aromatic hydroxyl groups is 1. The lowest BCUT2D eigenvalue weighted by molar-refractivity contribution is -0.120. The number of nitrogen functional groups attached to an aromatic ring is 1. The van der Waals surface area contributed by atoms with Gasteiger partial charge in [0, 0.05) is 35.5 Å². The van der Waals surface area contributed by atoms with Crippen LogP contribution in [0.3, 0.4) is 0 Å². The van der Waals surface area contributed by atoms with E-state index in [0.29, 0.717) is 18.0 Å². The highest BCUT2D eigenvalue weighted by Gasteiger charge is 2.25. The van der Waals surface area contributed by atoms with Gasteiger partial charge in [-0.1, -0.05) is 54.1 Å². The van der Waals surface area contributed by atoms with Crippen molar-refractivity contribution in [3.05, 3.63) is 87.9 Å². The highest BCUT2D eigenvalue weighted by Crippen LogP contribution is 2.34. The number of β-amino-alcohol motifs (C(OH)–C–C–N with tert-alkyl or cyclic N) is 1. The van der Waals surface area contributed by atoms with Crippen molar-refractivity contribution in [2.75, 3.05) is 18.5 Å². The average molecular weight is 560 g/mol. The molecule has 0 saturated carbocycles. The summed E-state index contributed by atoms with van der Waals surface area (Å²) in [6.07, 6.45) is 0.707. The quantitative estimate of drug-likeness (QED) is 0.226. The number of rotatable bonds is 11. The van der Waals surface area contributed by atoms with E-state index in [0.717, 1.165) is 22.9 Å². The minimum atomic E-state index is -3.78. The molecule has 0 spiro atoms. The number of phenols is 1. The topological polar surface area (TPSA) is 142 Å². The van der Waals surface area contributed by atoms with Gasteiger partial charge in [0.1, 0.15) is 10.6 Å². The molecule has 0 unspecified atom stereocenters. The van der Waals surface area contributed by atoms with Crippen LogP contribution in [0.5, 0.6) is 5.75 Å². The Morgan fingerprint density at radius 2 is 1.71 bits per heavy atom. The van der Waals surface area contributed by atoms with Gasteiger partial charge >= 0.3 is 0 Å². The van der Waals surface area contributed by atoms with Gasteiger partial charge < -0.3 is 26.6 Å². The summed E-state index contributed by atoms with van der Waals surface area (Å²) in [4.78, 5) is 12.1. The lowest BCUT2D eigenvalue weighted by Crippen LogP contribution is -2.43. The molecule has 0 aliphatic rings. The lowest BCUT2D eigenvalue weighted by Gasteiger charge is -2.29. The van der Waals surface area contributed by atoms with Crippen molar-refractivity contribution in [2.45, 2.75) is 49.8 Å². The summed E-state index contributed by atoms with van der Waals surface area (Å²) < 4.78 is 24.0. The fourth-order valence-corrected chi connectivity index (χ4v) is 5.46. The van der Waals surface area contributed by atoms with Crippen LogP contribution in [0.15, 0.2) is 65.6 Å². The third-order valence-electron chi connectivity index (χ3n) is 6.09. The molecule has 10 heteroatoms. The Morgan fingerprint density at radius 1 is 1.05 bits per heavy atom. The third kappa shape index (κ3) is 8.19. The SMILES string of the molecule is CC(C)(Cc1cccc(CC(=O)NCc2cccc(Cl)c2)c1)NC[C@H](O)c1ccc(O)c(S(C)(=O)=O)c1N. The fraction of sp³-hybridized carbons (Fsp3) is 0.321. The van der Waals surface area contributed by atoms with Crippen LogP contribution in [0, 0.1) is 0 Å². The molecule has 0 bridgehead atoms. The molecular weight excluding hydrogens is 526 g/mol. The number of benzene rings is 3. The van der Waals surface area contributed by atoms with Crippen molar-refractivity contribution in [2.24, 2.45) is 0 Å². The molecule has 38 heavy (non-hydrogen) atoms. The Kier molecular flexibility index (Phi) is 9.43. The van der Waals surface area contributed by atoms with Gasteiger partial charge in [0.15, 0.2) is 9.84 Å². The molecule has 1 amide bonds. The number of nitrogens with one attached hydrogen (secondary N) is 2. The first-order chi connectivity index (χ1) is 17.7. The molecule has 0 radical (unpaired) electrons. The van der Waals surface area contributed by atoms with E-state index in [1.165, 1.54) is 12.1 Å². The van der Waals surface area contributed by atoms with Gasteiger partial charge in [0.25, 0.3) is 0 Å². The number of aliphatic hydroxyl groups is 1. The molecule has 6 N–H and O–H groups in total. The van der Waals surface area contributed by atoms with E-state index < -0.39 is 27.2 Å². The Morgan fingerprint density at radius 3 is 2.39 bits per heavy atom. The maximum absolute atomic E-state index is 12.5. The zero-order valence-corrected chi connectivity index (χ0v) is 23.2. The molecule has 0 saturated heterocycles. The zero-order valence-electron chi connectivity index (χ0n) is 21.7. The number of aliphatic hydroxyl groups excluding tert-OH is 1. The summed E-state index contributed by atoms with van der Waals surface area (Å²) in [5.74, 6) is -0.546. The highest BCUT2D eigenvalue weighted by atomic mass is 35.5. The number of phenolic OH excluding ortho intramolecular Hbond substituents is 1. The monoisotopic (exact) mass is 559 g/mol. The highest BCUT2D eigenvalue weighted by molar-refractivity contribution is 7.91. The Hall–Kier alpha value is -3.11. The van der Waals surface area contributed by atoms with Crippen molar-refractivity contribution >= 4 is 33.0 Å². The van der Waals surface area contributed by atoms with Gasteiger partial charge in [-0.25, -0.2) is 8.42 Å². The molecule has 8 nitrogen and oxygen atoms in total. The number of sulfone groups is 1. The third-order valence-corrected chi connectivity index (χ3v) is 7.50. The molecule has 0 fully saturated rings. The van der Waals surface area contributed by atoms with E-state index in [1.807, 2.05) is 56.3 Å². The maximum Gasteiger partial charge on any atom is 0.224 e. The number of amides is 1. The largest absolute Gasteiger partial charge is 0.507 e. The van der Waals surface area contributed by atoms with E-state index >= 15 is 0 Å². The minimum Gasteiger partial charge on any atom is -0.507 e. The second-order valence-corrected chi connectivity index (χ2v) is 12.4. The van der Waals surface area contributed by atoms with Crippen LogP contribution in [0.2, 0.25) is 5.02 Å². The van der Waals surface area contributed by atoms with Crippen molar-refractivity contribution < 1.29 is 23.4 Å². The maximum atomic E-state index is 12.5. The van der Waals surface area contributed by atoms with Crippen molar-refractivity contribution in [3.63, 3.8) is 0 Å². The van der Waals surface area contributed by atoms with Crippen LogP contribution >= 0.6 is 11.6 Å². The van der Waals surface area contributed by atoms with Crippen molar-refractivity contribution in [1.29, 1.82) is 0 Å². The number of hydrogen-bond donors (Lipinski definition) is 5. The number of halogens is 1. The fourth-order valence-electron chi connectivity index (χ4n) is 4.28. The van der Waals surface area contributed by atoms with Crippen molar-refractivity contribution in [3.8, 4) is 5.75 Å². The Balaban J connectivity index is 1.59. The summed E-state index contributed by atoms with van der Waals surface area (Å²) >= 11 is 6.00. The molecule has 0 heterocycles. The van der Waals surface area contributed by atoms with Crippen LogP contribution in [0.1, 0.15) is 42.2 Å². The molecule has 3 rings (SSSR count). The van der Waals surface area contributed by atoms with Crippen LogP contribution in [-0.4, -0.2) is 42.9 Å². The number of anilines is 1. The van der Waals surface area contributed by atoms with Crippen LogP contribution in [0.25, 0.3) is 0 Å². The van der Waals surface area contributed by atoms with E-state index in [4.69, 9.17) is 17.3 Å². The molecule has 1 atom stereocenters. The Labute approximate surface area is 228 Å². The van der Waals surface area contributed by atoms with Gasteiger partial charge in [-0.3, -0.25) is 4.79 Å². The summed E-state index contributed by atoms with van der Waals surface area (Å²) in [6, 6.07) is 17.7. The number of nitrogens with two attached hydrogens (primary N) is 1.